The first kappa shape index (κ1) is 14.0. The molecule has 2 heteroatoms. The van der Waals surface area contributed by atoms with E-state index in [-0.39, 0.29) is 5.41 Å². The zero-order valence-corrected chi connectivity index (χ0v) is 11.7. The molecule has 0 saturated carbocycles. The standard InChI is InChI=1S/C15H25NO/c1-11(2)10-17-14-8-13(15(3,4)5)7-6-12(14)9-16/h6-8,11H,9-10,16H2,1-5H3. The van der Waals surface area contributed by atoms with E-state index in [4.69, 9.17) is 10.5 Å². The Bertz CT molecular complexity index is 364. The van der Waals surface area contributed by atoms with E-state index >= 15 is 0 Å². The maximum absolute atomic E-state index is 5.85. The lowest BCUT2D eigenvalue weighted by molar-refractivity contribution is 0.268. The van der Waals surface area contributed by atoms with Gasteiger partial charge in [0.25, 0.3) is 0 Å². The highest BCUT2D eigenvalue weighted by atomic mass is 16.5. The number of rotatable bonds is 4. The first-order valence-corrected chi connectivity index (χ1v) is 6.31. The minimum absolute atomic E-state index is 0.142. The van der Waals surface area contributed by atoms with Crippen molar-refractivity contribution in [3.63, 3.8) is 0 Å². The average molecular weight is 235 g/mol. The van der Waals surface area contributed by atoms with Gasteiger partial charge in [0.05, 0.1) is 6.61 Å². The Hall–Kier alpha value is -1.02. The number of benzene rings is 1. The van der Waals surface area contributed by atoms with Gasteiger partial charge in [-0.25, -0.2) is 0 Å². The first-order valence-electron chi connectivity index (χ1n) is 6.31. The van der Waals surface area contributed by atoms with Gasteiger partial charge in [0.2, 0.25) is 0 Å². The minimum atomic E-state index is 0.142. The summed E-state index contributed by atoms with van der Waals surface area (Å²) in [5.74, 6) is 1.47. The molecule has 0 bridgehead atoms. The van der Waals surface area contributed by atoms with Crippen molar-refractivity contribution in [2.75, 3.05) is 6.61 Å². The Morgan fingerprint density at radius 3 is 2.35 bits per heavy atom. The van der Waals surface area contributed by atoms with Crippen LogP contribution in [0.5, 0.6) is 5.75 Å². The van der Waals surface area contributed by atoms with Crippen LogP contribution in [0.3, 0.4) is 0 Å². The van der Waals surface area contributed by atoms with Gasteiger partial charge < -0.3 is 10.5 Å². The molecule has 2 N–H and O–H groups in total. The molecule has 0 aliphatic carbocycles. The first-order chi connectivity index (χ1) is 7.84. The van der Waals surface area contributed by atoms with Crippen LogP contribution in [0.4, 0.5) is 0 Å². The zero-order valence-electron chi connectivity index (χ0n) is 11.7. The molecule has 2 nitrogen and oxygen atoms in total. The van der Waals surface area contributed by atoms with Crippen LogP contribution in [0.1, 0.15) is 45.7 Å². The summed E-state index contributed by atoms with van der Waals surface area (Å²) in [5, 5.41) is 0. The van der Waals surface area contributed by atoms with Gasteiger partial charge in [0, 0.05) is 12.1 Å². The van der Waals surface area contributed by atoms with Crippen LogP contribution >= 0.6 is 0 Å². The molecule has 0 aromatic heterocycles. The minimum Gasteiger partial charge on any atom is -0.493 e. The van der Waals surface area contributed by atoms with Crippen molar-refractivity contribution < 1.29 is 4.74 Å². The summed E-state index contributed by atoms with van der Waals surface area (Å²) in [4.78, 5) is 0. The molecule has 0 atom stereocenters. The SMILES string of the molecule is CC(C)COc1cc(C(C)(C)C)ccc1CN. The molecule has 0 saturated heterocycles. The number of hydrogen-bond donors (Lipinski definition) is 1. The molecule has 0 aliphatic rings. The molecule has 1 rings (SSSR count). The summed E-state index contributed by atoms with van der Waals surface area (Å²) >= 11 is 0. The number of hydrogen-bond acceptors (Lipinski definition) is 2. The van der Waals surface area contributed by atoms with E-state index in [1.54, 1.807) is 0 Å². The van der Waals surface area contributed by atoms with Gasteiger partial charge in [0.1, 0.15) is 5.75 Å². The number of nitrogens with two attached hydrogens (primary N) is 1. The Labute approximate surface area is 105 Å². The van der Waals surface area contributed by atoms with Gasteiger partial charge in [-0.3, -0.25) is 0 Å². The normalized spacial score (nSPS) is 11.9. The second kappa shape index (κ2) is 5.54. The summed E-state index contributed by atoms with van der Waals surface area (Å²) in [6.45, 7) is 12.2. The maximum atomic E-state index is 5.85. The number of ether oxygens (including phenoxy) is 1. The van der Waals surface area contributed by atoms with E-state index in [9.17, 15) is 0 Å². The molecule has 1 aromatic rings. The maximum Gasteiger partial charge on any atom is 0.124 e. The van der Waals surface area contributed by atoms with E-state index < -0.39 is 0 Å². The average Bonchev–Trinajstić information content (AvgIpc) is 2.24. The van der Waals surface area contributed by atoms with Gasteiger partial charge >= 0.3 is 0 Å². The van der Waals surface area contributed by atoms with Gasteiger partial charge in [-0.1, -0.05) is 46.8 Å². The van der Waals surface area contributed by atoms with Crippen LogP contribution in [0.25, 0.3) is 0 Å². The van der Waals surface area contributed by atoms with Crippen molar-refractivity contribution in [1.82, 2.24) is 0 Å². The van der Waals surface area contributed by atoms with Crippen LogP contribution in [0.2, 0.25) is 0 Å². The lowest BCUT2D eigenvalue weighted by Crippen LogP contribution is -2.13. The van der Waals surface area contributed by atoms with Crippen molar-refractivity contribution in [3.05, 3.63) is 29.3 Å². The highest BCUT2D eigenvalue weighted by Gasteiger charge is 2.15. The molecule has 0 aliphatic heterocycles. The zero-order chi connectivity index (χ0) is 13.1. The molecule has 0 spiro atoms. The molecular formula is C15H25NO. The third kappa shape index (κ3) is 4.04. The topological polar surface area (TPSA) is 35.2 Å². The van der Waals surface area contributed by atoms with Crippen LogP contribution in [-0.4, -0.2) is 6.61 Å². The van der Waals surface area contributed by atoms with Crippen LogP contribution in [0.15, 0.2) is 18.2 Å². The second-order valence-corrected chi connectivity index (χ2v) is 5.98. The van der Waals surface area contributed by atoms with Crippen molar-refractivity contribution in [1.29, 1.82) is 0 Å². The highest BCUT2D eigenvalue weighted by molar-refractivity contribution is 5.40. The predicted molar refractivity (Wildman–Crippen MR) is 73.4 cm³/mol. The lowest BCUT2D eigenvalue weighted by atomic mass is 9.86. The molecule has 0 radical (unpaired) electrons. The fourth-order valence-electron chi connectivity index (χ4n) is 1.58. The molecule has 0 unspecified atom stereocenters. The third-order valence-electron chi connectivity index (χ3n) is 2.73. The fourth-order valence-corrected chi connectivity index (χ4v) is 1.58. The van der Waals surface area contributed by atoms with E-state index in [1.807, 2.05) is 0 Å². The highest BCUT2D eigenvalue weighted by Crippen LogP contribution is 2.28. The van der Waals surface area contributed by atoms with Gasteiger partial charge in [-0.05, 0) is 23.0 Å². The van der Waals surface area contributed by atoms with Gasteiger partial charge in [0.15, 0.2) is 0 Å². The van der Waals surface area contributed by atoms with Crippen LogP contribution in [-0.2, 0) is 12.0 Å². The molecule has 96 valence electrons. The van der Waals surface area contributed by atoms with E-state index in [0.717, 1.165) is 17.9 Å². The van der Waals surface area contributed by atoms with Gasteiger partial charge in [-0.2, -0.15) is 0 Å². The summed E-state index contributed by atoms with van der Waals surface area (Å²) in [6.07, 6.45) is 0. The van der Waals surface area contributed by atoms with E-state index in [2.05, 4.69) is 52.8 Å². The molecule has 0 heterocycles. The summed E-state index contributed by atoms with van der Waals surface area (Å²) in [6, 6.07) is 6.35. The van der Waals surface area contributed by atoms with Gasteiger partial charge in [-0.15, -0.1) is 0 Å². The third-order valence-corrected chi connectivity index (χ3v) is 2.73. The van der Waals surface area contributed by atoms with Crippen molar-refractivity contribution in [3.8, 4) is 5.75 Å². The quantitative estimate of drug-likeness (QED) is 0.867. The van der Waals surface area contributed by atoms with Crippen LogP contribution in [0, 0.1) is 5.92 Å². The van der Waals surface area contributed by atoms with E-state index in [1.165, 1.54) is 5.56 Å². The summed E-state index contributed by atoms with van der Waals surface area (Å²) in [7, 11) is 0. The summed E-state index contributed by atoms with van der Waals surface area (Å²) < 4.78 is 5.85. The molecule has 0 amide bonds. The monoisotopic (exact) mass is 235 g/mol. The molecule has 1 aromatic carbocycles. The summed E-state index contributed by atoms with van der Waals surface area (Å²) in [5.41, 5.74) is 8.25. The van der Waals surface area contributed by atoms with E-state index in [0.29, 0.717) is 12.5 Å². The second-order valence-electron chi connectivity index (χ2n) is 5.98. The van der Waals surface area contributed by atoms with Crippen molar-refractivity contribution >= 4 is 0 Å². The largest absolute Gasteiger partial charge is 0.493 e. The lowest BCUT2D eigenvalue weighted by Gasteiger charge is -2.21. The smallest absolute Gasteiger partial charge is 0.124 e. The van der Waals surface area contributed by atoms with Crippen molar-refractivity contribution in [2.24, 2.45) is 11.7 Å². The van der Waals surface area contributed by atoms with Crippen molar-refractivity contribution in [2.45, 2.75) is 46.6 Å². The van der Waals surface area contributed by atoms with Crippen LogP contribution < -0.4 is 10.5 Å². The molecular weight excluding hydrogens is 210 g/mol. The Morgan fingerprint density at radius 2 is 1.88 bits per heavy atom. The Balaban J connectivity index is 2.98. The fraction of sp³-hybridized carbons (Fsp3) is 0.600. The Kier molecular flexibility index (Phi) is 4.58. The Morgan fingerprint density at radius 1 is 1.24 bits per heavy atom. The molecule has 0 fully saturated rings. The molecule has 17 heavy (non-hydrogen) atoms. The predicted octanol–water partition coefficient (Wildman–Crippen LogP) is 3.48.